The van der Waals surface area contributed by atoms with Crippen LogP contribution in [0, 0.1) is 11.8 Å². The lowest BCUT2D eigenvalue weighted by Gasteiger charge is -2.34. The summed E-state index contributed by atoms with van der Waals surface area (Å²) in [5.74, 6) is 0.439. The fourth-order valence-electron chi connectivity index (χ4n) is 3.14. The molecule has 0 bridgehead atoms. The number of benzene rings is 1. The number of carbonyl (C=O) groups excluding carboxylic acids is 1. The van der Waals surface area contributed by atoms with Crippen molar-refractivity contribution < 1.29 is 13.2 Å². The zero-order valence-corrected chi connectivity index (χ0v) is 16.3. The Labute approximate surface area is 150 Å². The first-order valence-corrected chi connectivity index (χ1v) is 10.1. The number of nitrogens with two attached hydrogens (primary N) is 1. The molecular formula is C18H29N3O3S. The van der Waals surface area contributed by atoms with Crippen LogP contribution in [0.4, 0.5) is 0 Å². The molecule has 3 N–H and O–H groups in total. The van der Waals surface area contributed by atoms with Gasteiger partial charge in [-0.2, -0.15) is 4.31 Å². The maximum absolute atomic E-state index is 12.8. The number of nitrogens with one attached hydrogen (secondary N) is 1. The number of rotatable bonds is 5. The Morgan fingerprint density at radius 3 is 2.20 bits per heavy atom. The van der Waals surface area contributed by atoms with Gasteiger partial charge in [0.05, 0.1) is 4.90 Å². The van der Waals surface area contributed by atoms with Crippen molar-refractivity contribution >= 4 is 15.9 Å². The summed E-state index contributed by atoms with van der Waals surface area (Å²) in [6, 6.07) is 6.09. The summed E-state index contributed by atoms with van der Waals surface area (Å²) in [5.41, 5.74) is 5.77. The highest BCUT2D eigenvalue weighted by molar-refractivity contribution is 7.89. The summed E-state index contributed by atoms with van der Waals surface area (Å²) < 4.78 is 27.2. The largest absolute Gasteiger partial charge is 0.350 e. The Morgan fingerprint density at radius 2 is 1.72 bits per heavy atom. The lowest BCUT2D eigenvalue weighted by Crippen LogP contribution is -2.45. The molecule has 1 aliphatic rings. The van der Waals surface area contributed by atoms with Gasteiger partial charge in [0.15, 0.2) is 0 Å². The Hall–Kier alpha value is -1.44. The smallest absolute Gasteiger partial charge is 0.251 e. The quantitative estimate of drug-likeness (QED) is 0.830. The topological polar surface area (TPSA) is 92.5 Å². The molecule has 2 unspecified atom stereocenters. The van der Waals surface area contributed by atoms with E-state index in [-0.39, 0.29) is 10.8 Å². The van der Waals surface area contributed by atoms with E-state index in [4.69, 9.17) is 5.73 Å². The third-order valence-electron chi connectivity index (χ3n) is 4.29. The lowest BCUT2D eigenvalue weighted by atomic mass is 9.94. The van der Waals surface area contributed by atoms with E-state index in [9.17, 15) is 13.2 Å². The molecule has 0 saturated carbocycles. The van der Waals surface area contributed by atoms with Gasteiger partial charge in [0.1, 0.15) is 0 Å². The van der Waals surface area contributed by atoms with Crippen molar-refractivity contribution in [1.29, 1.82) is 0 Å². The second kappa shape index (κ2) is 7.43. The molecule has 1 fully saturated rings. The minimum absolute atomic E-state index is 0.226. The van der Waals surface area contributed by atoms with Gasteiger partial charge in [0.2, 0.25) is 10.0 Å². The number of piperidine rings is 1. The van der Waals surface area contributed by atoms with Crippen LogP contribution in [0.2, 0.25) is 0 Å². The van der Waals surface area contributed by atoms with Gasteiger partial charge >= 0.3 is 0 Å². The fourth-order valence-corrected chi connectivity index (χ4v) is 4.82. The average molecular weight is 368 g/mol. The summed E-state index contributed by atoms with van der Waals surface area (Å²) >= 11 is 0. The number of hydrogen-bond donors (Lipinski definition) is 2. The van der Waals surface area contributed by atoms with Gasteiger partial charge < -0.3 is 11.1 Å². The van der Waals surface area contributed by atoms with Gasteiger partial charge in [0.25, 0.3) is 5.91 Å². The molecule has 1 amide bonds. The van der Waals surface area contributed by atoms with Crippen molar-refractivity contribution in [3.05, 3.63) is 29.8 Å². The number of nitrogens with zero attached hydrogens (tertiary/aromatic N) is 1. The van der Waals surface area contributed by atoms with Crippen LogP contribution in [-0.4, -0.2) is 43.8 Å². The first kappa shape index (κ1) is 19.9. The number of hydrogen-bond acceptors (Lipinski definition) is 4. The highest BCUT2D eigenvalue weighted by Crippen LogP contribution is 2.26. The minimum atomic E-state index is -3.52. The van der Waals surface area contributed by atoms with Crippen molar-refractivity contribution in [1.82, 2.24) is 9.62 Å². The third-order valence-corrected chi connectivity index (χ3v) is 6.14. The van der Waals surface area contributed by atoms with E-state index in [0.717, 1.165) is 6.42 Å². The van der Waals surface area contributed by atoms with Crippen LogP contribution in [0.25, 0.3) is 0 Å². The van der Waals surface area contributed by atoms with Gasteiger partial charge in [-0.25, -0.2) is 8.42 Å². The van der Waals surface area contributed by atoms with E-state index < -0.39 is 15.6 Å². The van der Waals surface area contributed by atoms with Crippen molar-refractivity contribution in [2.45, 2.75) is 44.6 Å². The Bertz CT molecular complexity index is 698. The van der Waals surface area contributed by atoms with Crippen LogP contribution < -0.4 is 11.1 Å². The van der Waals surface area contributed by atoms with Crippen molar-refractivity contribution in [2.24, 2.45) is 17.6 Å². The molecule has 140 valence electrons. The summed E-state index contributed by atoms with van der Waals surface area (Å²) in [6.07, 6.45) is 1.04. The molecule has 1 aromatic carbocycles. The van der Waals surface area contributed by atoms with E-state index >= 15 is 0 Å². The van der Waals surface area contributed by atoms with Crippen molar-refractivity contribution in [3.63, 3.8) is 0 Å². The maximum Gasteiger partial charge on any atom is 0.251 e. The SMILES string of the molecule is CC1CC(C)CN(S(=O)(=O)c2ccc(C(=O)NCC(C)(C)N)cc2)C1. The van der Waals surface area contributed by atoms with Gasteiger partial charge in [0, 0.05) is 30.7 Å². The van der Waals surface area contributed by atoms with E-state index in [0.29, 0.717) is 37.0 Å². The summed E-state index contributed by atoms with van der Waals surface area (Å²) in [6.45, 7) is 9.22. The summed E-state index contributed by atoms with van der Waals surface area (Å²) in [4.78, 5) is 12.3. The number of sulfonamides is 1. The zero-order chi connectivity index (χ0) is 18.8. The lowest BCUT2D eigenvalue weighted by molar-refractivity contribution is 0.0946. The molecule has 2 rings (SSSR count). The molecule has 0 aromatic heterocycles. The standard InChI is InChI=1S/C18H29N3O3S/c1-13-9-14(2)11-21(10-13)25(23,24)16-7-5-15(6-8-16)17(22)20-12-18(3,4)19/h5-8,13-14H,9-12,19H2,1-4H3,(H,20,22). The molecule has 1 aromatic rings. The summed E-state index contributed by atoms with van der Waals surface area (Å²) in [7, 11) is -3.52. The molecule has 7 heteroatoms. The summed E-state index contributed by atoms with van der Waals surface area (Å²) in [5, 5.41) is 2.75. The molecule has 0 aliphatic carbocycles. The van der Waals surface area contributed by atoms with Crippen LogP contribution in [0.15, 0.2) is 29.2 Å². The van der Waals surface area contributed by atoms with E-state index in [1.165, 1.54) is 12.1 Å². The first-order valence-electron chi connectivity index (χ1n) is 8.66. The normalized spacial score (nSPS) is 22.6. The predicted octanol–water partition coefficient (Wildman–Crippen LogP) is 1.82. The van der Waals surface area contributed by atoms with Gasteiger partial charge in [-0.1, -0.05) is 13.8 Å². The molecule has 25 heavy (non-hydrogen) atoms. The van der Waals surface area contributed by atoms with Crippen LogP contribution in [-0.2, 0) is 10.0 Å². The maximum atomic E-state index is 12.8. The van der Waals surface area contributed by atoms with Crippen molar-refractivity contribution in [3.8, 4) is 0 Å². The van der Waals surface area contributed by atoms with E-state index in [1.807, 2.05) is 13.8 Å². The monoisotopic (exact) mass is 367 g/mol. The van der Waals surface area contributed by atoms with Crippen LogP contribution in [0.1, 0.15) is 44.5 Å². The Kier molecular flexibility index (Phi) is 5.91. The number of amides is 1. The minimum Gasteiger partial charge on any atom is -0.350 e. The molecule has 1 saturated heterocycles. The van der Waals surface area contributed by atoms with Crippen LogP contribution >= 0.6 is 0 Å². The highest BCUT2D eigenvalue weighted by Gasteiger charge is 2.31. The first-order chi connectivity index (χ1) is 11.5. The van der Waals surface area contributed by atoms with Crippen LogP contribution in [0.5, 0.6) is 0 Å². The average Bonchev–Trinajstić information content (AvgIpc) is 2.51. The molecule has 0 radical (unpaired) electrons. The molecule has 0 spiro atoms. The van der Waals surface area contributed by atoms with Gasteiger partial charge in [-0.05, 0) is 56.4 Å². The third kappa shape index (κ3) is 5.26. The molecule has 1 aliphatic heterocycles. The highest BCUT2D eigenvalue weighted by atomic mass is 32.2. The van der Waals surface area contributed by atoms with Gasteiger partial charge in [-0.15, -0.1) is 0 Å². The molecule has 2 atom stereocenters. The predicted molar refractivity (Wildman–Crippen MR) is 98.7 cm³/mol. The second-order valence-electron chi connectivity index (χ2n) is 7.96. The van der Waals surface area contributed by atoms with Crippen molar-refractivity contribution in [2.75, 3.05) is 19.6 Å². The molecular weight excluding hydrogens is 338 g/mol. The van der Waals surface area contributed by atoms with Crippen LogP contribution in [0.3, 0.4) is 0 Å². The fraction of sp³-hybridized carbons (Fsp3) is 0.611. The molecule has 1 heterocycles. The Balaban J connectivity index is 2.12. The van der Waals surface area contributed by atoms with E-state index in [1.54, 1.807) is 16.4 Å². The van der Waals surface area contributed by atoms with E-state index in [2.05, 4.69) is 19.2 Å². The zero-order valence-electron chi connectivity index (χ0n) is 15.5. The number of carbonyl (C=O) groups is 1. The molecule has 6 nitrogen and oxygen atoms in total. The Morgan fingerprint density at radius 1 is 1.20 bits per heavy atom. The van der Waals surface area contributed by atoms with Gasteiger partial charge in [-0.3, -0.25) is 4.79 Å². The second-order valence-corrected chi connectivity index (χ2v) is 9.90.